The van der Waals surface area contributed by atoms with E-state index in [1.54, 1.807) is 24.3 Å². The van der Waals surface area contributed by atoms with Crippen LogP contribution in [0.3, 0.4) is 0 Å². The highest BCUT2D eigenvalue weighted by Crippen LogP contribution is 2.34. The minimum atomic E-state index is -1.19. The van der Waals surface area contributed by atoms with Gasteiger partial charge in [0.05, 0.1) is 32.3 Å². The molecule has 5 aromatic rings. The van der Waals surface area contributed by atoms with Crippen LogP contribution in [0.25, 0.3) is 32.5 Å². The average Bonchev–Trinajstić information content (AvgIpc) is 3.21. The number of hydrogen-bond acceptors (Lipinski definition) is 7. The molecular weight excluding hydrogens is 498 g/mol. The Morgan fingerprint density at radius 1 is 1.11 bits per heavy atom. The largest absolute Gasteiger partial charge is 0.476 e. The molecule has 0 aliphatic heterocycles. The fourth-order valence-electron chi connectivity index (χ4n) is 4.37. The lowest BCUT2D eigenvalue weighted by atomic mass is 9.98. The van der Waals surface area contributed by atoms with E-state index >= 15 is 0 Å². The van der Waals surface area contributed by atoms with Crippen LogP contribution in [0.4, 0.5) is 5.69 Å². The van der Waals surface area contributed by atoms with Crippen molar-refractivity contribution in [2.24, 2.45) is 0 Å². The lowest BCUT2D eigenvalue weighted by Gasteiger charge is -2.19. The number of aryl methyl sites for hydroxylation is 2. The van der Waals surface area contributed by atoms with E-state index in [0.29, 0.717) is 28.0 Å². The summed E-state index contributed by atoms with van der Waals surface area (Å²) in [5, 5.41) is 14.3. The van der Waals surface area contributed by atoms with Gasteiger partial charge in [0.25, 0.3) is 0 Å². The first-order chi connectivity index (χ1) is 17.1. The van der Waals surface area contributed by atoms with Gasteiger partial charge in [-0.1, -0.05) is 17.7 Å². The number of carboxylic acids is 1. The van der Waals surface area contributed by atoms with Crippen molar-refractivity contribution < 1.29 is 14.3 Å². The number of nitrogens with one attached hydrogen (secondary N) is 1. The Kier molecular flexibility index (Phi) is 6.02. The Morgan fingerprint density at radius 2 is 1.89 bits per heavy atom. The first kappa shape index (κ1) is 24.0. The molecule has 0 amide bonds. The zero-order valence-corrected chi connectivity index (χ0v) is 21.5. The number of nitrogens with zero attached hydrogens (tertiary/aromatic N) is 2. The highest BCUT2D eigenvalue weighted by Gasteiger charge is 2.21. The second kappa shape index (κ2) is 9.04. The topological polar surface area (TPSA) is 105 Å². The lowest BCUT2D eigenvalue weighted by molar-refractivity contribution is 0.0691. The summed E-state index contributed by atoms with van der Waals surface area (Å²) < 4.78 is 7.46. The van der Waals surface area contributed by atoms with E-state index in [9.17, 15) is 14.7 Å². The summed E-state index contributed by atoms with van der Waals surface area (Å²) in [6.45, 7) is 7.51. The molecule has 1 unspecified atom stereocenters. The molecule has 36 heavy (non-hydrogen) atoms. The quantitative estimate of drug-likeness (QED) is 0.243. The number of anilines is 1. The zero-order chi connectivity index (χ0) is 25.7. The number of fused-ring (bicyclic) bond motifs is 2. The van der Waals surface area contributed by atoms with Gasteiger partial charge in [-0.05, 0) is 69.7 Å². The molecule has 0 saturated carbocycles. The van der Waals surface area contributed by atoms with Crippen molar-refractivity contribution >= 4 is 55.8 Å². The molecule has 0 fully saturated rings. The van der Waals surface area contributed by atoms with E-state index in [-0.39, 0.29) is 16.3 Å². The molecular formula is C27H22ClN3O4S. The van der Waals surface area contributed by atoms with Crippen LogP contribution in [-0.4, -0.2) is 21.0 Å². The van der Waals surface area contributed by atoms with Crippen LogP contribution in [0.5, 0.6) is 0 Å². The Hall–Kier alpha value is -3.75. The fraction of sp³-hybridized carbons (Fsp3) is 0.185. The third-order valence-electron chi connectivity index (χ3n) is 6.05. The third-order valence-corrected chi connectivity index (χ3v) is 7.20. The summed E-state index contributed by atoms with van der Waals surface area (Å²) in [5.41, 5.74) is 4.31. The van der Waals surface area contributed by atoms with Crippen LogP contribution < -0.4 is 10.7 Å². The summed E-state index contributed by atoms with van der Waals surface area (Å²) >= 11 is 7.49. The Labute approximate surface area is 215 Å². The number of rotatable bonds is 5. The summed E-state index contributed by atoms with van der Waals surface area (Å²) in [6, 6.07) is 12.3. The van der Waals surface area contributed by atoms with Gasteiger partial charge in [-0.3, -0.25) is 4.79 Å². The minimum Gasteiger partial charge on any atom is -0.476 e. The molecule has 3 heterocycles. The smallest absolute Gasteiger partial charge is 0.356 e. The van der Waals surface area contributed by atoms with Gasteiger partial charge in [0.1, 0.15) is 16.5 Å². The monoisotopic (exact) mass is 519 g/mol. The van der Waals surface area contributed by atoms with Gasteiger partial charge in [0.15, 0.2) is 11.1 Å². The Balaban J connectivity index is 1.67. The number of aromatic nitrogens is 2. The van der Waals surface area contributed by atoms with Gasteiger partial charge < -0.3 is 14.8 Å². The maximum Gasteiger partial charge on any atom is 0.356 e. The normalized spacial score (nSPS) is 12.2. The van der Waals surface area contributed by atoms with E-state index < -0.39 is 12.0 Å². The van der Waals surface area contributed by atoms with E-state index in [0.717, 1.165) is 31.9 Å². The molecule has 1 atom stereocenters. The Bertz CT molecular complexity index is 1740. The zero-order valence-electron chi connectivity index (χ0n) is 20.0. The number of halogens is 1. The summed E-state index contributed by atoms with van der Waals surface area (Å²) in [7, 11) is 0. The van der Waals surface area contributed by atoms with E-state index in [1.807, 2.05) is 51.1 Å². The van der Waals surface area contributed by atoms with Crippen molar-refractivity contribution in [2.45, 2.75) is 33.7 Å². The number of hydrogen-bond donors (Lipinski definition) is 2. The van der Waals surface area contributed by atoms with Crippen LogP contribution in [0.15, 0.2) is 51.7 Å². The molecule has 7 nitrogen and oxygen atoms in total. The van der Waals surface area contributed by atoms with Gasteiger partial charge in [-0.2, -0.15) is 0 Å². The molecule has 9 heteroatoms. The molecule has 0 radical (unpaired) electrons. The first-order valence-electron chi connectivity index (χ1n) is 11.2. The molecule has 5 rings (SSSR count). The lowest BCUT2D eigenvalue weighted by Crippen LogP contribution is -2.14. The van der Waals surface area contributed by atoms with Crippen LogP contribution in [0, 0.1) is 20.8 Å². The third kappa shape index (κ3) is 4.23. The van der Waals surface area contributed by atoms with Crippen molar-refractivity contribution in [1.82, 2.24) is 9.97 Å². The number of carbonyl (C=O) groups is 1. The fourth-order valence-corrected chi connectivity index (χ4v) is 5.39. The molecule has 182 valence electrons. The van der Waals surface area contributed by atoms with Crippen LogP contribution >= 0.6 is 22.9 Å². The second-order valence-electron chi connectivity index (χ2n) is 8.73. The van der Waals surface area contributed by atoms with Crippen molar-refractivity contribution in [3.8, 4) is 11.3 Å². The van der Waals surface area contributed by atoms with Gasteiger partial charge in [0.2, 0.25) is 0 Å². The Morgan fingerprint density at radius 3 is 2.64 bits per heavy atom. The number of aromatic carboxylic acids is 1. The first-order valence-corrected chi connectivity index (χ1v) is 12.4. The predicted octanol–water partition coefficient (Wildman–Crippen LogP) is 6.91. The maximum absolute atomic E-state index is 13.5. The molecule has 2 N–H and O–H groups in total. The number of thiazole rings is 1. The van der Waals surface area contributed by atoms with Gasteiger partial charge in [-0.25, -0.2) is 14.8 Å². The van der Waals surface area contributed by atoms with Gasteiger partial charge in [0, 0.05) is 16.7 Å². The van der Waals surface area contributed by atoms with Crippen molar-refractivity contribution in [2.75, 3.05) is 5.32 Å². The molecule has 0 aliphatic rings. The van der Waals surface area contributed by atoms with Crippen molar-refractivity contribution in [3.63, 3.8) is 0 Å². The molecule has 0 aliphatic carbocycles. The molecule has 3 aromatic heterocycles. The van der Waals surface area contributed by atoms with Gasteiger partial charge >= 0.3 is 5.97 Å². The van der Waals surface area contributed by atoms with Gasteiger partial charge in [-0.15, -0.1) is 11.3 Å². The molecule has 0 spiro atoms. The number of carboxylic acid groups (broad SMARTS) is 1. The average molecular weight is 520 g/mol. The SMILES string of the molecule is Cc1cc(C(C)Nc2ccc(Cl)nc2C(=O)O)c2oc(-c3ccc4nc(C)sc4c3)c(C)c(=O)c2c1. The predicted molar refractivity (Wildman–Crippen MR) is 144 cm³/mol. The number of benzene rings is 2. The second-order valence-corrected chi connectivity index (χ2v) is 10.4. The van der Waals surface area contributed by atoms with Crippen LogP contribution in [0.2, 0.25) is 5.15 Å². The standard InChI is InChI=1S/C27H22ClN3O4S/c1-12-9-17(14(3)29-20-7-8-22(28)31-23(20)27(33)34)26-18(10-12)24(32)13(2)25(35-26)16-5-6-19-21(11-16)36-15(4)30-19/h5-11,14,29H,1-4H3,(H,33,34). The summed E-state index contributed by atoms with van der Waals surface area (Å²) in [5.74, 6) is -0.698. The summed E-state index contributed by atoms with van der Waals surface area (Å²) in [6.07, 6.45) is 0. The van der Waals surface area contributed by atoms with E-state index in [1.165, 1.54) is 6.07 Å². The van der Waals surface area contributed by atoms with Crippen molar-refractivity contribution in [1.29, 1.82) is 0 Å². The maximum atomic E-state index is 13.5. The van der Waals surface area contributed by atoms with E-state index in [4.69, 9.17) is 16.0 Å². The van der Waals surface area contributed by atoms with Crippen LogP contribution in [0.1, 0.15) is 45.2 Å². The van der Waals surface area contributed by atoms with Crippen LogP contribution in [-0.2, 0) is 0 Å². The highest BCUT2D eigenvalue weighted by atomic mass is 35.5. The minimum absolute atomic E-state index is 0.0887. The molecule has 0 bridgehead atoms. The number of pyridine rings is 1. The highest BCUT2D eigenvalue weighted by molar-refractivity contribution is 7.18. The molecule has 0 saturated heterocycles. The van der Waals surface area contributed by atoms with E-state index in [2.05, 4.69) is 15.3 Å². The summed E-state index contributed by atoms with van der Waals surface area (Å²) in [4.78, 5) is 33.6. The molecule has 2 aromatic carbocycles. The van der Waals surface area contributed by atoms with Crippen molar-refractivity contribution in [3.05, 3.63) is 85.2 Å².